The number of carbonyl (C=O) groups excluding carboxylic acids is 2. The van der Waals surface area contributed by atoms with Crippen molar-refractivity contribution >= 4 is 23.5 Å². The molecule has 0 saturated carbocycles. The fourth-order valence-corrected chi connectivity index (χ4v) is 2.60. The number of methoxy groups -OCH3 is 1. The third-order valence-electron chi connectivity index (χ3n) is 3.89. The SMILES string of the molecule is COC(=O)[C@H](Cc1ccncc1)NC(=O)[C@@H](C)Cc1ccc(Cl)cc1. The van der Waals surface area contributed by atoms with Gasteiger partial charge in [-0.1, -0.05) is 30.7 Å². The summed E-state index contributed by atoms with van der Waals surface area (Å²) >= 11 is 5.87. The Bertz CT molecular complexity index is 704. The molecule has 5 nitrogen and oxygen atoms in total. The third kappa shape index (κ3) is 5.87. The minimum absolute atomic E-state index is 0.195. The van der Waals surface area contributed by atoms with Gasteiger partial charge in [-0.05, 0) is 41.8 Å². The van der Waals surface area contributed by atoms with Gasteiger partial charge in [0.05, 0.1) is 7.11 Å². The fraction of sp³-hybridized carbons (Fsp3) is 0.316. The number of hydrogen-bond acceptors (Lipinski definition) is 4. The molecule has 1 amide bonds. The molecule has 0 aliphatic rings. The van der Waals surface area contributed by atoms with E-state index in [4.69, 9.17) is 16.3 Å². The molecule has 1 heterocycles. The Morgan fingerprint density at radius 3 is 2.28 bits per heavy atom. The Hall–Kier alpha value is -2.40. The van der Waals surface area contributed by atoms with Crippen LogP contribution in [0.3, 0.4) is 0 Å². The Morgan fingerprint density at radius 1 is 1.08 bits per heavy atom. The molecule has 1 aromatic carbocycles. The number of carbonyl (C=O) groups is 2. The summed E-state index contributed by atoms with van der Waals surface area (Å²) in [4.78, 5) is 28.4. The Balaban J connectivity index is 2.00. The molecule has 1 aromatic heterocycles. The first-order valence-corrected chi connectivity index (χ1v) is 8.39. The molecule has 2 aromatic rings. The van der Waals surface area contributed by atoms with Crippen LogP contribution in [0, 0.1) is 5.92 Å². The normalized spacial score (nSPS) is 12.9. The highest BCUT2D eigenvalue weighted by molar-refractivity contribution is 6.30. The smallest absolute Gasteiger partial charge is 0.328 e. The van der Waals surface area contributed by atoms with Crippen LogP contribution < -0.4 is 5.32 Å². The summed E-state index contributed by atoms with van der Waals surface area (Å²) < 4.78 is 4.81. The molecule has 0 saturated heterocycles. The van der Waals surface area contributed by atoms with Crippen LogP contribution in [0.5, 0.6) is 0 Å². The molecule has 0 unspecified atom stereocenters. The van der Waals surface area contributed by atoms with Crippen LogP contribution in [0.4, 0.5) is 0 Å². The van der Waals surface area contributed by atoms with E-state index < -0.39 is 12.0 Å². The average Bonchev–Trinajstić information content (AvgIpc) is 2.63. The third-order valence-corrected chi connectivity index (χ3v) is 4.15. The van der Waals surface area contributed by atoms with Crippen molar-refractivity contribution in [3.63, 3.8) is 0 Å². The number of halogens is 1. The van der Waals surface area contributed by atoms with Gasteiger partial charge in [0.25, 0.3) is 0 Å². The maximum Gasteiger partial charge on any atom is 0.328 e. The number of nitrogens with one attached hydrogen (secondary N) is 1. The van der Waals surface area contributed by atoms with E-state index in [1.165, 1.54) is 7.11 Å². The van der Waals surface area contributed by atoms with E-state index in [0.717, 1.165) is 11.1 Å². The van der Waals surface area contributed by atoms with Crippen molar-refractivity contribution in [3.8, 4) is 0 Å². The molecule has 2 atom stereocenters. The van der Waals surface area contributed by atoms with E-state index in [-0.39, 0.29) is 11.8 Å². The monoisotopic (exact) mass is 360 g/mol. The van der Waals surface area contributed by atoms with Crippen LogP contribution in [-0.2, 0) is 27.2 Å². The molecule has 1 N–H and O–H groups in total. The molecule has 0 aliphatic carbocycles. The first-order chi connectivity index (χ1) is 12.0. The lowest BCUT2D eigenvalue weighted by atomic mass is 9.99. The summed E-state index contributed by atoms with van der Waals surface area (Å²) in [6.45, 7) is 1.82. The van der Waals surface area contributed by atoms with Crippen LogP contribution in [0.15, 0.2) is 48.8 Å². The van der Waals surface area contributed by atoms with Crippen molar-refractivity contribution in [2.75, 3.05) is 7.11 Å². The van der Waals surface area contributed by atoms with Crippen molar-refractivity contribution in [1.29, 1.82) is 0 Å². The van der Waals surface area contributed by atoms with Gasteiger partial charge in [-0.25, -0.2) is 4.79 Å². The number of nitrogens with zero attached hydrogens (tertiary/aromatic N) is 1. The second-order valence-electron chi connectivity index (χ2n) is 5.88. The van der Waals surface area contributed by atoms with E-state index >= 15 is 0 Å². The number of amides is 1. The molecular formula is C19H21ClN2O3. The highest BCUT2D eigenvalue weighted by atomic mass is 35.5. The second-order valence-corrected chi connectivity index (χ2v) is 6.31. The molecule has 6 heteroatoms. The van der Waals surface area contributed by atoms with Gasteiger partial charge in [-0.2, -0.15) is 0 Å². The van der Waals surface area contributed by atoms with Gasteiger partial charge in [-0.15, -0.1) is 0 Å². The lowest BCUT2D eigenvalue weighted by Crippen LogP contribution is -2.45. The van der Waals surface area contributed by atoms with Crippen molar-refractivity contribution in [3.05, 3.63) is 64.9 Å². The van der Waals surface area contributed by atoms with Crippen molar-refractivity contribution in [1.82, 2.24) is 10.3 Å². The predicted molar refractivity (Wildman–Crippen MR) is 96.2 cm³/mol. The molecule has 0 radical (unpaired) electrons. The Morgan fingerprint density at radius 2 is 1.68 bits per heavy atom. The first-order valence-electron chi connectivity index (χ1n) is 8.01. The summed E-state index contributed by atoms with van der Waals surface area (Å²) in [6, 6.07) is 10.2. The first kappa shape index (κ1) is 18.9. The summed E-state index contributed by atoms with van der Waals surface area (Å²) in [5.74, 6) is -0.950. The number of aromatic nitrogens is 1. The lowest BCUT2D eigenvalue weighted by Gasteiger charge is -2.19. The van der Waals surface area contributed by atoms with Crippen LogP contribution in [0.2, 0.25) is 5.02 Å². The zero-order valence-electron chi connectivity index (χ0n) is 14.2. The zero-order chi connectivity index (χ0) is 18.2. The summed E-state index contributed by atoms with van der Waals surface area (Å²) in [5.41, 5.74) is 1.91. The Labute approximate surface area is 152 Å². The largest absolute Gasteiger partial charge is 0.467 e. The number of esters is 1. The number of hydrogen-bond donors (Lipinski definition) is 1. The lowest BCUT2D eigenvalue weighted by molar-refractivity contribution is -0.145. The molecule has 0 bridgehead atoms. The molecule has 0 spiro atoms. The molecule has 0 aliphatic heterocycles. The highest BCUT2D eigenvalue weighted by Gasteiger charge is 2.24. The molecule has 0 fully saturated rings. The summed E-state index contributed by atoms with van der Waals surface area (Å²) in [6.07, 6.45) is 4.21. The number of pyridine rings is 1. The van der Waals surface area contributed by atoms with E-state index in [1.807, 2.05) is 19.1 Å². The van der Waals surface area contributed by atoms with Gasteiger partial charge in [0.15, 0.2) is 0 Å². The molecule has 2 rings (SSSR count). The highest BCUT2D eigenvalue weighted by Crippen LogP contribution is 2.14. The van der Waals surface area contributed by atoms with Crippen LogP contribution in [0.25, 0.3) is 0 Å². The van der Waals surface area contributed by atoms with Gasteiger partial charge in [0.2, 0.25) is 5.91 Å². The van der Waals surface area contributed by atoms with E-state index in [1.54, 1.807) is 36.7 Å². The van der Waals surface area contributed by atoms with Crippen LogP contribution in [-0.4, -0.2) is 30.0 Å². The van der Waals surface area contributed by atoms with Crippen LogP contribution >= 0.6 is 11.6 Å². The van der Waals surface area contributed by atoms with Gasteiger partial charge in [-0.3, -0.25) is 9.78 Å². The maximum absolute atomic E-state index is 12.5. The maximum atomic E-state index is 12.5. The average molecular weight is 361 g/mol. The number of ether oxygens (including phenoxy) is 1. The number of rotatable bonds is 7. The van der Waals surface area contributed by atoms with E-state index in [9.17, 15) is 9.59 Å². The van der Waals surface area contributed by atoms with Gasteiger partial charge < -0.3 is 10.1 Å². The standard InChI is InChI=1S/C19H21ClN2O3/c1-13(11-14-3-5-16(20)6-4-14)18(23)22-17(19(24)25-2)12-15-7-9-21-10-8-15/h3-10,13,17H,11-12H2,1-2H3,(H,22,23)/t13-,17-/m0/s1. The van der Waals surface area contributed by atoms with Gasteiger partial charge in [0.1, 0.15) is 6.04 Å². The van der Waals surface area contributed by atoms with Crippen LogP contribution in [0.1, 0.15) is 18.1 Å². The summed E-state index contributed by atoms with van der Waals surface area (Å²) in [7, 11) is 1.31. The molecule has 25 heavy (non-hydrogen) atoms. The second kappa shape index (κ2) is 9.18. The van der Waals surface area contributed by atoms with E-state index in [2.05, 4.69) is 10.3 Å². The van der Waals surface area contributed by atoms with Gasteiger partial charge in [0, 0.05) is 29.8 Å². The molecular weight excluding hydrogens is 340 g/mol. The van der Waals surface area contributed by atoms with Crippen molar-refractivity contribution in [2.24, 2.45) is 5.92 Å². The predicted octanol–water partition coefficient (Wildman–Crippen LogP) is 2.81. The Kier molecular flexibility index (Phi) is 6.95. The fourth-order valence-electron chi connectivity index (χ4n) is 2.47. The zero-order valence-corrected chi connectivity index (χ0v) is 15.0. The van der Waals surface area contributed by atoms with E-state index in [0.29, 0.717) is 17.9 Å². The summed E-state index contributed by atoms with van der Waals surface area (Å²) in [5, 5.41) is 3.44. The topological polar surface area (TPSA) is 68.3 Å². The molecule has 132 valence electrons. The number of benzene rings is 1. The minimum atomic E-state index is -0.729. The minimum Gasteiger partial charge on any atom is -0.467 e. The quantitative estimate of drug-likeness (QED) is 0.771. The van der Waals surface area contributed by atoms with Crippen molar-refractivity contribution in [2.45, 2.75) is 25.8 Å². The van der Waals surface area contributed by atoms with Crippen molar-refractivity contribution < 1.29 is 14.3 Å². The van der Waals surface area contributed by atoms with Gasteiger partial charge >= 0.3 is 5.97 Å².